The Morgan fingerprint density at radius 1 is 0.844 bits per heavy atom. The van der Waals surface area contributed by atoms with E-state index in [-0.39, 0.29) is 23.9 Å². The van der Waals surface area contributed by atoms with Crippen LogP contribution >= 0.6 is 0 Å². The van der Waals surface area contributed by atoms with E-state index in [2.05, 4.69) is 16.0 Å². The molecular formula is C26H29N3O3. The first-order chi connectivity index (χ1) is 15.3. The van der Waals surface area contributed by atoms with Crippen LogP contribution in [0.2, 0.25) is 0 Å². The number of para-hydroxylation sites is 2. The van der Waals surface area contributed by atoms with Gasteiger partial charge in [0.25, 0.3) is 5.91 Å². The van der Waals surface area contributed by atoms with Crippen molar-refractivity contribution in [3.8, 4) is 5.75 Å². The molecule has 0 spiro atoms. The summed E-state index contributed by atoms with van der Waals surface area (Å²) in [7, 11) is 0. The molecule has 3 aromatic rings. The molecule has 0 aliphatic carbocycles. The van der Waals surface area contributed by atoms with Gasteiger partial charge in [-0.1, -0.05) is 42.5 Å². The predicted octanol–water partition coefficient (Wildman–Crippen LogP) is 4.84. The first-order valence-corrected chi connectivity index (χ1v) is 10.5. The van der Waals surface area contributed by atoms with Crippen molar-refractivity contribution >= 4 is 23.2 Å². The molecule has 3 aromatic carbocycles. The van der Waals surface area contributed by atoms with E-state index in [1.54, 1.807) is 30.3 Å². The maximum absolute atomic E-state index is 12.5. The summed E-state index contributed by atoms with van der Waals surface area (Å²) in [4.78, 5) is 24.7. The van der Waals surface area contributed by atoms with Crippen LogP contribution < -0.4 is 20.7 Å². The molecule has 0 aliphatic rings. The highest BCUT2D eigenvalue weighted by molar-refractivity contribution is 5.96. The molecule has 2 amide bonds. The average Bonchev–Trinajstić information content (AvgIpc) is 2.77. The van der Waals surface area contributed by atoms with Crippen molar-refractivity contribution in [3.63, 3.8) is 0 Å². The summed E-state index contributed by atoms with van der Waals surface area (Å²) < 4.78 is 5.88. The Kier molecular flexibility index (Phi) is 7.49. The summed E-state index contributed by atoms with van der Waals surface area (Å²) in [5.41, 5.74) is 2.69. The van der Waals surface area contributed by atoms with Crippen molar-refractivity contribution in [1.82, 2.24) is 5.32 Å². The molecule has 3 rings (SSSR count). The van der Waals surface area contributed by atoms with Gasteiger partial charge in [-0.05, 0) is 62.7 Å². The highest BCUT2D eigenvalue weighted by Crippen LogP contribution is 2.24. The second kappa shape index (κ2) is 10.5. The lowest BCUT2D eigenvalue weighted by atomic mass is 10.1. The topological polar surface area (TPSA) is 79.5 Å². The number of anilines is 2. The SMILES string of the molecule is CC(C)(C)NC(=O)c1ccc(NCC(=O)Nc2ccccc2OCc2ccccc2)cc1. The van der Waals surface area contributed by atoms with Crippen LogP contribution in [0.3, 0.4) is 0 Å². The third kappa shape index (κ3) is 7.16. The van der Waals surface area contributed by atoms with Crippen molar-refractivity contribution in [2.45, 2.75) is 32.9 Å². The third-order valence-corrected chi connectivity index (χ3v) is 4.49. The number of rotatable bonds is 8. The molecule has 0 saturated heterocycles. The predicted molar refractivity (Wildman–Crippen MR) is 128 cm³/mol. The first kappa shape index (κ1) is 22.9. The van der Waals surface area contributed by atoms with E-state index in [1.165, 1.54) is 0 Å². The fraction of sp³-hybridized carbons (Fsp3) is 0.231. The zero-order valence-electron chi connectivity index (χ0n) is 18.6. The number of carbonyl (C=O) groups excluding carboxylic acids is 2. The molecule has 0 heterocycles. The van der Waals surface area contributed by atoms with E-state index in [1.807, 2.05) is 69.3 Å². The average molecular weight is 432 g/mol. The molecule has 3 N–H and O–H groups in total. The van der Waals surface area contributed by atoms with Crippen LogP contribution in [-0.4, -0.2) is 23.9 Å². The quantitative estimate of drug-likeness (QED) is 0.477. The van der Waals surface area contributed by atoms with Crippen LogP contribution in [0.5, 0.6) is 5.75 Å². The van der Waals surface area contributed by atoms with Crippen molar-refractivity contribution < 1.29 is 14.3 Å². The summed E-state index contributed by atoms with van der Waals surface area (Å²) in [6.45, 7) is 6.31. The molecule has 6 heteroatoms. The molecule has 32 heavy (non-hydrogen) atoms. The maximum Gasteiger partial charge on any atom is 0.251 e. The van der Waals surface area contributed by atoms with Gasteiger partial charge in [0, 0.05) is 16.8 Å². The summed E-state index contributed by atoms with van der Waals surface area (Å²) in [6.07, 6.45) is 0. The molecular weight excluding hydrogens is 402 g/mol. The fourth-order valence-corrected chi connectivity index (χ4v) is 2.96. The lowest BCUT2D eigenvalue weighted by molar-refractivity contribution is -0.114. The van der Waals surface area contributed by atoms with E-state index < -0.39 is 0 Å². The number of hydrogen-bond acceptors (Lipinski definition) is 4. The Labute approximate surface area is 189 Å². The van der Waals surface area contributed by atoms with Gasteiger partial charge in [0.1, 0.15) is 12.4 Å². The molecule has 0 unspecified atom stereocenters. The normalized spacial score (nSPS) is 10.8. The van der Waals surface area contributed by atoms with Crippen LogP contribution in [0.4, 0.5) is 11.4 Å². The van der Waals surface area contributed by atoms with Gasteiger partial charge >= 0.3 is 0 Å². The zero-order chi connectivity index (χ0) is 23.0. The molecule has 0 aliphatic heterocycles. The van der Waals surface area contributed by atoms with Crippen LogP contribution in [0, 0.1) is 0 Å². The molecule has 6 nitrogen and oxygen atoms in total. The van der Waals surface area contributed by atoms with Crippen LogP contribution in [0.25, 0.3) is 0 Å². The fourth-order valence-electron chi connectivity index (χ4n) is 2.96. The van der Waals surface area contributed by atoms with Gasteiger partial charge in [-0.3, -0.25) is 9.59 Å². The largest absolute Gasteiger partial charge is 0.487 e. The van der Waals surface area contributed by atoms with E-state index in [0.717, 1.165) is 11.3 Å². The number of nitrogens with one attached hydrogen (secondary N) is 3. The number of hydrogen-bond donors (Lipinski definition) is 3. The standard InChI is InChI=1S/C26H29N3O3/c1-26(2,3)29-25(31)20-13-15-21(16-14-20)27-17-24(30)28-22-11-7-8-12-23(22)32-18-19-9-5-4-6-10-19/h4-16,27H,17-18H2,1-3H3,(H,28,30)(H,29,31). The molecule has 0 aromatic heterocycles. The Hall–Kier alpha value is -3.80. The summed E-state index contributed by atoms with van der Waals surface area (Å²) in [5, 5.41) is 8.88. The van der Waals surface area contributed by atoms with Crippen molar-refractivity contribution in [1.29, 1.82) is 0 Å². The van der Waals surface area contributed by atoms with Gasteiger partial charge in [-0.25, -0.2) is 0 Å². The van der Waals surface area contributed by atoms with Crippen molar-refractivity contribution in [2.24, 2.45) is 0 Å². The van der Waals surface area contributed by atoms with Gasteiger partial charge in [0.2, 0.25) is 5.91 Å². The molecule has 0 atom stereocenters. The van der Waals surface area contributed by atoms with Gasteiger partial charge < -0.3 is 20.7 Å². The Morgan fingerprint density at radius 2 is 1.50 bits per heavy atom. The van der Waals surface area contributed by atoms with Crippen molar-refractivity contribution in [3.05, 3.63) is 90.0 Å². The van der Waals surface area contributed by atoms with Gasteiger partial charge in [-0.15, -0.1) is 0 Å². The third-order valence-electron chi connectivity index (χ3n) is 4.49. The molecule has 0 fully saturated rings. The van der Waals surface area contributed by atoms with Crippen LogP contribution in [-0.2, 0) is 11.4 Å². The number of amides is 2. The molecule has 0 bridgehead atoms. The van der Waals surface area contributed by atoms with Gasteiger partial charge in [0.15, 0.2) is 0 Å². The van der Waals surface area contributed by atoms with E-state index in [9.17, 15) is 9.59 Å². The zero-order valence-corrected chi connectivity index (χ0v) is 18.6. The molecule has 0 radical (unpaired) electrons. The number of benzene rings is 3. The van der Waals surface area contributed by atoms with Crippen molar-refractivity contribution in [2.75, 3.05) is 17.2 Å². The smallest absolute Gasteiger partial charge is 0.251 e. The van der Waals surface area contributed by atoms with E-state index in [0.29, 0.717) is 23.6 Å². The van der Waals surface area contributed by atoms with Crippen LogP contribution in [0.1, 0.15) is 36.7 Å². The Morgan fingerprint density at radius 3 is 2.19 bits per heavy atom. The minimum absolute atomic E-state index is 0.0839. The number of carbonyl (C=O) groups is 2. The summed E-state index contributed by atoms with van der Waals surface area (Å²) in [6, 6.07) is 24.2. The summed E-state index contributed by atoms with van der Waals surface area (Å²) in [5.74, 6) is 0.281. The highest BCUT2D eigenvalue weighted by Gasteiger charge is 2.15. The second-order valence-electron chi connectivity index (χ2n) is 8.45. The monoisotopic (exact) mass is 431 g/mol. The first-order valence-electron chi connectivity index (χ1n) is 10.5. The minimum Gasteiger partial charge on any atom is -0.487 e. The second-order valence-corrected chi connectivity index (χ2v) is 8.45. The number of ether oxygens (including phenoxy) is 1. The Balaban J connectivity index is 1.52. The summed E-state index contributed by atoms with van der Waals surface area (Å²) >= 11 is 0. The minimum atomic E-state index is -0.298. The highest BCUT2D eigenvalue weighted by atomic mass is 16.5. The maximum atomic E-state index is 12.5. The molecule has 166 valence electrons. The Bertz CT molecular complexity index is 1040. The lowest BCUT2D eigenvalue weighted by Gasteiger charge is -2.20. The van der Waals surface area contributed by atoms with Gasteiger partial charge in [0.05, 0.1) is 12.2 Å². The van der Waals surface area contributed by atoms with Gasteiger partial charge in [-0.2, -0.15) is 0 Å². The van der Waals surface area contributed by atoms with Crippen LogP contribution in [0.15, 0.2) is 78.9 Å². The van der Waals surface area contributed by atoms with E-state index >= 15 is 0 Å². The van der Waals surface area contributed by atoms with E-state index in [4.69, 9.17) is 4.74 Å². The molecule has 0 saturated carbocycles. The lowest BCUT2D eigenvalue weighted by Crippen LogP contribution is -2.40.